The van der Waals surface area contributed by atoms with Crippen LogP contribution >= 0.6 is 0 Å². The van der Waals surface area contributed by atoms with Crippen LogP contribution in [0.3, 0.4) is 0 Å². The summed E-state index contributed by atoms with van der Waals surface area (Å²) in [4.78, 5) is 38.2. The molecule has 40 heavy (non-hydrogen) atoms. The molecule has 10 nitrogen and oxygen atoms in total. The number of allylic oxidation sites excluding steroid dienone is 1. The van der Waals surface area contributed by atoms with Crippen LogP contribution in [0.25, 0.3) is 0 Å². The highest BCUT2D eigenvalue weighted by Gasteiger charge is 2.85. The van der Waals surface area contributed by atoms with Gasteiger partial charge in [-0.15, -0.1) is 0 Å². The first-order chi connectivity index (χ1) is 18.5. The largest absolute Gasteiger partial charge is 0.465 e. The molecule has 0 bridgehead atoms. The van der Waals surface area contributed by atoms with E-state index >= 15 is 0 Å². The lowest BCUT2D eigenvalue weighted by molar-refractivity contribution is -0.297. The summed E-state index contributed by atoms with van der Waals surface area (Å²) in [5, 5.41) is 48.5. The molecule has 0 aromatic carbocycles. The van der Waals surface area contributed by atoms with Crippen molar-refractivity contribution in [2.24, 2.45) is 22.7 Å². The fourth-order valence-corrected chi connectivity index (χ4v) is 9.72. The molecule has 6 rings (SSSR count). The molecule has 0 aromatic heterocycles. The van der Waals surface area contributed by atoms with Crippen LogP contribution in [-0.2, 0) is 28.6 Å². The van der Waals surface area contributed by atoms with Crippen LogP contribution in [-0.4, -0.2) is 85.5 Å². The first-order valence-electron chi connectivity index (χ1n) is 14.3. The maximum Gasteiger partial charge on any atom is 0.334 e. The maximum absolute atomic E-state index is 13.5. The number of ketones is 1. The molecule has 0 aromatic rings. The van der Waals surface area contributed by atoms with Crippen LogP contribution in [0.15, 0.2) is 23.3 Å². The Morgan fingerprint density at radius 2 is 1.88 bits per heavy atom. The topological polar surface area (TPSA) is 163 Å². The number of aliphatic hydroxyl groups is 4. The molecule has 11 atom stereocenters. The van der Waals surface area contributed by atoms with Gasteiger partial charge < -0.3 is 34.6 Å². The Morgan fingerprint density at radius 1 is 1.18 bits per heavy atom. The summed E-state index contributed by atoms with van der Waals surface area (Å²) in [6.07, 6.45) is 1.41. The van der Waals surface area contributed by atoms with Gasteiger partial charge in [0.15, 0.2) is 5.78 Å². The Labute approximate surface area is 233 Å². The van der Waals surface area contributed by atoms with Gasteiger partial charge in [-0.3, -0.25) is 9.59 Å². The highest BCUT2D eigenvalue weighted by atomic mass is 16.6. The van der Waals surface area contributed by atoms with E-state index in [0.29, 0.717) is 18.4 Å². The van der Waals surface area contributed by atoms with E-state index in [0.717, 1.165) is 5.57 Å². The van der Waals surface area contributed by atoms with Crippen molar-refractivity contribution in [2.45, 2.75) is 114 Å². The monoisotopic (exact) mass is 560 g/mol. The van der Waals surface area contributed by atoms with Crippen molar-refractivity contribution >= 4 is 17.7 Å². The number of ether oxygens (including phenoxy) is 3. The predicted molar refractivity (Wildman–Crippen MR) is 138 cm³/mol. The van der Waals surface area contributed by atoms with Gasteiger partial charge in [0, 0.05) is 18.9 Å². The zero-order valence-corrected chi connectivity index (χ0v) is 23.7. The first-order valence-corrected chi connectivity index (χ1v) is 14.3. The van der Waals surface area contributed by atoms with E-state index in [4.69, 9.17) is 14.2 Å². The second kappa shape index (κ2) is 8.25. The number of epoxide rings is 1. The second-order valence-corrected chi connectivity index (χ2v) is 13.6. The number of hydrogen-bond donors (Lipinski definition) is 4. The quantitative estimate of drug-likeness (QED) is 0.291. The van der Waals surface area contributed by atoms with Gasteiger partial charge in [-0.1, -0.05) is 5.57 Å². The van der Waals surface area contributed by atoms with Crippen LogP contribution in [0.1, 0.15) is 73.1 Å². The molecule has 6 aliphatic rings. The van der Waals surface area contributed by atoms with E-state index in [2.05, 4.69) is 0 Å². The molecule has 2 unspecified atom stereocenters. The lowest BCUT2D eigenvalue weighted by Gasteiger charge is -2.64. The van der Waals surface area contributed by atoms with Crippen molar-refractivity contribution in [1.29, 1.82) is 0 Å². The average Bonchev–Trinajstić information content (AvgIpc) is 3.58. The Morgan fingerprint density at radius 3 is 2.52 bits per heavy atom. The van der Waals surface area contributed by atoms with Crippen molar-refractivity contribution in [3.63, 3.8) is 0 Å². The number of aliphatic hydroxyl groups excluding tert-OH is 1. The normalized spacial score (nSPS) is 50.7. The minimum Gasteiger partial charge on any atom is -0.465 e. The summed E-state index contributed by atoms with van der Waals surface area (Å²) in [5.41, 5.74) is -8.16. The van der Waals surface area contributed by atoms with E-state index in [9.17, 15) is 34.8 Å². The van der Waals surface area contributed by atoms with Crippen molar-refractivity contribution in [3.05, 3.63) is 23.3 Å². The molecule has 2 heterocycles. The summed E-state index contributed by atoms with van der Waals surface area (Å²) < 4.78 is 17.3. The number of fused-ring (bicyclic) bond motifs is 4. The van der Waals surface area contributed by atoms with Crippen molar-refractivity contribution in [3.8, 4) is 0 Å². The number of carbonyl (C=O) groups excluding carboxylic acids is 3. The Bertz CT molecular complexity index is 1250. The summed E-state index contributed by atoms with van der Waals surface area (Å²) in [5.74, 6) is -2.28. The van der Waals surface area contributed by atoms with Crippen LogP contribution < -0.4 is 0 Å². The molecule has 10 heteroatoms. The number of esters is 2. The van der Waals surface area contributed by atoms with Crippen molar-refractivity contribution in [1.82, 2.24) is 0 Å². The average molecular weight is 561 g/mol. The zero-order chi connectivity index (χ0) is 29.3. The smallest absolute Gasteiger partial charge is 0.334 e. The Kier molecular flexibility index (Phi) is 5.78. The van der Waals surface area contributed by atoms with E-state index in [1.165, 1.54) is 26.0 Å². The molecular formula is C30H40O10. The summed E-state index contributed by atoms with van der Waals surface area (Å²) in [6.45, 7) is 7.55. The first kappa shape index (κ1) is 28.0. The van der Waals surface area contributed by atoms with Crippen molar-refractivity contribution < 1.29 is 49.0 Å². The summed E-state index contributed by atoms with van der Waals surface area (Å²) >= 11 is 0. The van der Waals surface area contributed by atoms with Crippen molar-refractivity contribution in [2.75, 3.05) is 6.61 Å². The number of rotatable bonds is 4. The fourth-order valence-electron chi connectivity index (χ4n) is 9.72. The molecule has 2 aliphatic heterocycles. The van der Waals surface area contributed by atoms with Gasteiger partial charge in [-0.25, -0.2) is 4.79 Å². The minimum absolute atomic E-state index is 0.0410. The second-order valence-electron chi connectivity index (χ2n) is 13.6. The minimum atomic E-state index is -2.01. The maximum atomic E-state index is 13.5. The van der Waals surface area contributed by atoms with Gasteiger partial charge in [0.2, 0.25) is 0 Å². The number of carbonyl (C=O) groups is 3. The van der Waals surface area contributed by atoms with E-state index in [-0.39, 0.29) is 44.0 Å². The van der Waals surface area contributed by atoms with Gasteiger partial charge in [0.1, 0.15) is 35.6 Å². The highest BCUT2D eigenvalue weighted by Crippen LogP contribution is 2.75. The molecule has 4 aliphatic carbocycles. The molecular weight excluding hydrogens is 520 g/mol. The standard InChI is InChI=1S/C30H40O10/c1-15-12-22(39-24(34)16(15)2)26(5,35)29(37)11-10-28(36)19-13-23-30(40-23)21(33)7-6-20(32)25(30,4)18(19)8-9-27(28,29)14-38-17(3)31/h6-7,18-19,21-23,33,35-37H,8-14H2,1-5H3/t18-,19+,21-,22?,23+,25-,26?,27+,28+,29+,30+/m0/s1. The van der Waals surface area contributed by atoms with E-state index in [1.54, 1.807) is 20.8 Å². The summed E-state index contributed by atoms with van der Waals surface area (Å²) in [6, 6.07) is 0. The Hall–Kier alpha value is -2.11. The molecule has 3 saturated carbocycles. The van der Waals surface area contributed by atoms with Gasteiger partial charge in [0.05, 0.1) is 22.5 Å². The van der Waals surface area contributed by atoms with Crippen LogP contribution in [0, 0.1) is 22.7 Å². The van der Waals surface area contributed by atoms with Crippen LogP contribution in [0.2, 0.25) is 0 Å². The van der Waals surface area contributed by atoms with Crippen LogP contribution in [0.4, 0.5) is 0 Å². The van der Waals surface area contributed by atoms with Gasteiger partial charge in [-0.05, 0) is 83.8 Å². The van der Waals surface area contributed by atoms with Gasteiger partial charge >= 0.3 is 11.9 Å². The Balaban J connectivity index is 1.45. The SMILES string of the molecule is CC(=O)OC[C@]12CC[C@H]3[C@@H](C[C@H]4O[C@]45[C@@H](O)C=CC(=O)[C@]35C)[C@]1(O)CC[C@@]2(O)C(C)(O)C1CC(C)=C(C)C(=O)O1. The molecule has 4 fully saturated rings. The molecule has 0 radical (unpaired) electrons. The number of cyclic esters (lactones) is 1. The molecule has 0 amide bonds. The molecule has 1 spiro atoms. The highest BCUT2D eigenvalue weighted by molar-refractivity contribution is 5.98. The molecule has 4 N–H and O–H groups in total. The molecule has 220 valence electrons. The number of hydrogen-bond acceptors (Lipinski definition) is 10. The van der Waals surface area contributed by atoms with Gasteiger partial charge in [0.25, 0.3) is 0 Å². The lowest BCUT2D eigenvalue weighted by atomic mass is 9.42. The van der Waals surface area contributed by atoms with E-state index < -0.39 is 69.4 Å². The summed E-state index contributed by atoms with van der Waals surface area (Å²) in [7, 11) is 0. The van der Waals surface area contributed by atoms with E-state index in [1.807, 2.05) is 0 Å². The lowest BCUT2D eigenvalue weighted by Crippen LogP contribution is -2.75. The third-order valence-corrected chi connectivity index (χ3v) is 12.3. The predicted octanol–water partition coefficient (Wildman–Crippen LogP) is 1.27. The fraction of sp³-hybridized carbons (Fsp3) is 0.767. The molecule has 1 saturated heterocycles. The third kappa shape index (κ3) is 2.99. The van der Waals surface area contributed by atoms with Gasteiger partial charge in [-0.2, -0.15) is 0 Å². The van der Waals surface area contributed by atoms with Crippen LogP contribution in [0.5, 0.6) is 0 Å². The zero-order valence-electron chi connectivity index (χ0n) is 23.7. The third-order valence-electron chi connectivity index (χ3n) is 12.3.